The third-order valence-corrected chi connectivity index (χ3v) is 6.05. The molecule has 0 aliphatic rings. The van der Waals surface area contributed by atoms with Crippen LogP contribution in [0.25, 0.3) is 0 Å². The van der Waals surface area contributed by atoms with E-state index in [9.17, 15) is 13.9 Å². The highest BCUT2D eigenvalue weighted by molar-refractivity contribution is 9.09. The lowest BCUT2D eigenvalue weighted by Crippen LogP contribution is -2.34. The molecule has 0 spiro atoms. The van der Waals surface area contributed by atoms with Crippen molar-refractivity contribution < 1.29 is 18.6 Å². The normalized spacial score (nSPS) is 13.5. The number of hydrogen-bond donors (Lipinski definition) is 1. The highest BCUT2D eigenvalue weighted by Crippen LogP contribution is 2.40. The van der Waals surface area contributed by atoms with E-state index in [1.54, 1.807) is 31.2 Å². The van der Waals surface area contributed by atoms with E-state index in [0.717, 1.165) is 11.1 Å². The first-order valence-corrected chi connectivity index (χ1v) is 9.66. The predicted molar refractivity (Wildman–Crippen MR) is 105 cm³/mol. The standard InChI is InChI=1S/C19H19BrCl2F2O2/c1-4-16(20)19(23,24)26-13-7-5-11(6-8-13)18(2,3)12-9-14(21)17(25)15(22)10-12/h5-10,16,25H,4H2,1-3H3. The van der Waals surface area contributed by atoms with Gasteiger partial charge in [-0.15, -0.1) is 0 Å². The lowest BCUT2D eigenvalue weighted by Gasteiger charge is -2.27. The van der Waals surface area contributed by atoms with Gasteiger partial charge in [0.25, 0.3) is 0 Å². The van der Waals surface area contributed by atoms with Gasteiger partial charge in [0.1, 0.15) is 10.6 Å². The van der Waals surface area contributed by atoms with Gasteiger partial charge in [0.15, 0.2) is 5.75 Å². The fraction of sp³-hybridized carbons (Fsp3) is 0.368. The highest BCUT2D eigenvalue weighted by atomic mass is 79.9. The van der Waals surface area contributed by atoms with E-state index < -0.39 is 16.4 Å². The number of halogens is 5. The zero-order chi connectivity index (χ0) is 19.7. The third kappa shape index (κ3) is 4.44. The molecule has 7 heteroatoms. The van der Waals surface area contributed by atoms with Gasteiger partial charge in [-0.25, -0.2) is 0 Å². The second-order valence-corrected chi connectivity index (χ2v) is 8.40. The van der Waals surface area contributed by atoms with Gasteiger partial charge in [0.2, 0.25) is 0 Å². The molecule has 2 aromatic carbocycles. The Morgan fingerprint density at radius 3 is 2.04 bits per heavy atom. The molecule has 0 heterocycles. The molecule has 142 valence electrons. The third-order valence-electron chi connectivity index (χ3n) is 4.29. The molecule has 1 unspecified atom stereocenters. The topological polar surface area (TPSA) is 29.5 Å². The quantitative estimate of drug-likeness (QED) is 0.456. The number of hydrogen-bond acceptors (Lipinski definition) is 2. The highest BCUT2D eigenvalue weighted by Gasteiger charge is 2.39. The molecule has 2 aromatic rings. The van der Waals surface area contributed by atoms with Crippen LogP contribution in [0, 0.1) is 0 Å². The van der Waals surface area contributed by atoms with Gasteiger partial charge in [-0.2, -0.15) is 8.78 Å². The molecule has 26 heavy (non-hydrogen) atoms. The summed E-state index contributed by atoms with van der Waals surface area (Å²) in [5, 5.41) is 10.0. The minimum atomic E-state index is -3.30. The largest absolute Gasteiger partial charge is 0.505 e. The number of aromatic hydroxyl groups is 1. The lowest BCUT2D eigenvalue weighted by molar-refractivity contribution is -0.174. The summed E-state index contributed by atoms with van der Waals surface area (Å²) in [4.78, 5) is -1.06. The second-order valence-electron chi connectivity index (χ2n) is 6.48. The first kappa shape index (κ1) is 21.3. The van der Waals surface area contributed by atoms with E-state index in [2.05, 4.69) is 15.9 Å². The molecule has 0 aliphatic heterocycles. The molecule has 0 fully saturated rings. The molecule has 0 bridgehead atoms. The molecule has 0 aromatic heterocycles. The molecule has 1 N–H and O–H groups in total. The van der Waals surface area contributed by atoms with E-state index in [4.69, 9.17) is 27.9 Å². The van der Waals surface area contributed by atoms with Crippen LogP contribution in [0.4, 0.5) is 8.78 Å². The van der Waals surface area contributed by atoms with Gasteiger partial charge in [-0.3, -0.25) is 0 Å². The van der Waals surface area contributed by atoms with E-state index in [0.29, 0.717) is 0 Å². The molecule has 0 saturated carbocycles. The van der Waals surface area contributed by atoms with Crippen LogP contribution in [-0.4, -0.2) is 16.0 Å². The molecule has 0 saturated heterocycles. The molecule has 0 aliphatic carbocycles. The molecular weight excluding hydrogens is 449 g/mol. The van der Waals surface area contributed by atoms with Crippen molar-refractivity contribution in [3.8, 4) is 11.5 Å². The average molecular weight is 468 g/mol. The van der Waals surface area contributed by atoms with Gasteiger partial charge in [-0.05, 0) is 41.8 Å². The monoisotopic (exact) mass is 466 g/mol. The van der Waals surface area contributed by atoms with Crippen molar-refractivity contribution >= 4 is 39.1 Å². The fourth-order valence-electron chi connectivity index (χ4n) is 2.49. The van der Waals surface area contributed by atoms with Crippen LogP contribution in [-0.2, 0) is 5.41 Å². The summed E-state index contributed by atoms with van der Waals surface area (Å²) in [5.74, 6) is -0.0895. The van der Waals surface area contributed by atoms with Crippen molar-refractivity contribution in [1.82, 2.24) is 0 Å². The van der Waals surface area contributed by atoms with Crippen LogP contribution in [0.1, 0.15) is 38.3 Å². The Hall–Kier alpha value is -1.04. The summed E-state index contributed by atoms with van der Waals surface area (Å²) in [6.07, 6.45) is -3.07. The van der Waals surface area contributed by atoms with Crippen molar-refractivity contribution in [2.24, 2.45) is 0 Å². The van der Waals surface area contributed by atoms with Crippen LogP contribution < -0.4 is 4.74 Å². The first-order chi connectivity index (χ1) is 12.0. The Morgan fingerprint density at radius 2 is 1.58 bits per heavy atom. The minimum absolute atomic E-state index is 0.0780. The molecule has 2 rings (SSSR count). The van der Waals surface area contributed by atoms with Crippen LogP contribution in [0.3, 0.4) is 0 Å². The maximum atomic E-state index is 13.9. The average Bonchev–Trinajstić information content (AvgIpc) is 2.58. The number of phenolic OH excluding ortho intramolecular Hbond substituents is 1. The Balaban J connectivity index is 2.29. The summed E-state index contributed by atoms with van der Waals surface area (Å²) < 4.78 is 32.6. The van der Waals surface area contributed by atoms with Crippen molar-refractivity contribution in [2.45, 2.75) is 43.5 Å². The van der Waals surface area contributed by atoms with Gasteiger partial charge < -0.3 is 9.84 Å². The van der Waals surface area contributed by atoms with Gasteiger partial charge in [-0.1, -0.05) is 72.0 Å². The zero-order valence-electron chi connectivity index (χ0n) is 14.5. The lowest BCUT2D eigenvalue weighted by atomic mass is 9.78. The van der Waals surface area contributed by atoms with Crippen molar-refractivity contribution in [3.63, 3.8) is 0 Å². The number of rotatable bonds is 6. The van der Waals surface area contributed by atoms with Crippen molar-refractivity contribution in [2.75, 3.05) is 0 Å². The Labute approximate surface area is 170 Å². The Bertz CT molecular complexity index is 757. The van der Waals surface area contributed by atoms with Crippen molar-refractivity contribution in [3.05, 3.63) is 57.6 Å². The van der Waals surface area contributed by atoms with Crippen LogP contribution in [0.15, 0.2) is 36.4 Å². The first-order valence-electron chi connectivity index (χ1n) is 7.99. The van der Waals surface area contributed by atoms with E-state index >= 15 is 0 Å². The van der Waals surface area contributed by atoms with Gasteiger partial charge >= 0.3 is 6.11 Å². The minimum Gasteiger partial charge on any atom is -0.505 e. The van der Waals surface area contributed by atoms with Crippen molar-refractivity contribution in [1.29, 1.82) is 0 Å². The number of phenols is 1. The maximum Gasteiger partial charge on any atom is 0.410 e. The maximum absolute atomic E-state index is 13.9. The molecule has 1 atom stereocenters. The summed E-state index contributed by atoms with van der Waals surface area (Å²) in [6.45, 7) is 5.54. The van der Waals surface area contributed by atoms with Crippen LogP contribution >= 0.6 is 39.1 Å². The van der Waals surface area contributed by atoms with Gasteiger partial charge in [0, 0.05) is 5.41 Å². The SMILES string of the molecule is CCC(Br)C(F)(F)Oc1ccc(C(C)(C)c2cc(Cl)c(O)c(Cl)c2)cc1. The van der Waals surface area contributed by atoms with E-state index in [-0.39, 0.29) is 28.0 Å². The number of ether oxygens (including phenoxy) is 1. The smallest absolute Gasteiger partial charge is 0.410 e. The molecule has 2 nitrogen and oxygen atoms in total. The molecule has 0 radical (unpaired) electrons. The zero-order valence-corrected chi connectivity index (χ0v) is 17.6. The summed E-state index contributed by atoms with van der Waals surface area (Å²) in [6, 6.07) is 9.72. The van der Waals surface area contributed by atoms with E-state index in [1.807, 2.05) is 13.8 Å². The van der Waals surface area contributed by atoms with E-state index in [1.165, 1.54) is 12.1 Å². The summed E-state index contributed by atoms with van der Waals surface area (Å²) in [7, 11) is 0. The van der Waals surface area contributed by atoms with Gasteiger partial charge in [0.05, 0.1) is 10.0 Å². The Morgan fingerprint density at radius 1 is 1.08 bits per heavy atom. The Kier molecular flexibility index (Phi) is 6.47. The van der Waals surface area contributed by atoms with Crippen LogP contribution in [0.2, 0.25) is 10.0 Å². The molecular formula is C19H19BrCl2F2O2. The number of alkyl halides is 3. The molecule has 0 amide bonds. The number of benzene rings is 2. The summed E-state index contributed by atoms with van der Waals surface area (Å²) in [5.41, 5.74) is 1.14. The fourth-order valence-corrected chi connectivity index (χ4v) is 3.07. The predicted octanol–water partition coefficient (Wildman–Crippen LogP) is 7.17. The van der Waals surface area contributed by atoms with Crippen LogP contribution in [0.5, 0.6) is 11.5 Å². The second kappa shape index (κ2) is 7.91. The summed E-state index contributed by atoms with van der Waals surface area (Å²) >= 11 is 15.0.